The highest BCUT2D eigenvalue weighted by Crippen LogP contribution is 2.24. The molecule has 118 valence electrons. The summed E-state index contributed by atoms with van der Waals surface area (Å²) in [5.41, 5.74) is 8.70. The van der Waals surface area contributed by atoms with Crippen LogP contribution in [0.3, 0.4) is 0 Å². The smallest absolute Gasteiger partial charge is 0.340 e. The van der Waals surface area contributed by atoms with Crippen LogP contribution in [0.2, 0.25) is 0 Å². The van der Waals surface area contributed by atoms with Gasteiger partial charge >= 0.3 is 5.97 Å². The monoisotopic (exact) mass is 293 g/mol. The third-order valence-corrected chi connectivity index (χ3v) is 3.75. The maximum Gasteiger partial charge on any atom is 0.340 e. The van der Waals surface area contributed by atoms with Crippen LogP contribution in [0.1, 0.15) is 62.0 Å². The molecule has 1 aromatic rings. The Bertz CT molecular complexity index is 495. The van der Waals surface area contributed by atoms with Crippen molar-refractivity contribution in [1.29, 1.82) is 0 Å². The molecule has 0 radical (unpaired) electrons. The summed E-state index contributed by atoms with van der Waals surface area (Å²) in [6.45, 7) is 11.0. The highest BCUT2D eigenvalue weighted by atomic mass is 16.5. The maximum atomic E-state index is 11.9. The normalized spacial score (nSPS) is 11.5. The number of ether oxygens (including phenoxy) is 2. The van der Waals surface area contributed by atoms with E-state index < -0.39 is 0 Å². The Balaban J connectivity index is 2.87. The molecule has 1 rings (SSSR count). The minimum absolute atomic E-state index is 0.167. The second kappa shape index (κ2) is 7.46. The van der Waals surface area contributed by atoms with E-state index in [2.05, 4.69) is 20.8 Å². The van der Waals surface area contributed by atoms with Gasteiger partial charge in [0.25, 0.3) is 0 Å². The summed E-state index contributed by atoms with van der Waals surface area (Å²) in [5, 5.41) is 0. The zero-order valence-corrected chi connectivity index (χ0v) is 13.8. The molecule has 1 aromatic carbocycles. The van der Waals surface area contributed by atoms with Crippen LogP contribution >= 0.6 is 0 Å². The number of esters is 1. The molecule has 2 N–H and O–H groups in total. The number of nitrogen functional groups attached to an aromatic ring is 1. The standard InChI is InChI=1S/C17H27NO3/c1-6-10-20-16(19)14-9-8-13(12(3)15(14)18)11-21-17(4,5)7-2/h8-9H,6-7,10-11,18H2,1-5H3. The Labute approximate surface area is 127 Å². The van der Waals surface area contributed by atoms with E-state index in [4.69, 9.17) is 15.2 Å². The van der Waals surface area contributed by atoms with E-state index in [9.17, 15) is 4.79 Å². The first-order chi connectivity index (χ1) is 9.82. The van der Waals surface area contributed by atoms with Gasteiger partial charge in [-0.25, -0.2) is 4.79 Å². The largest absolute Gasteiger partial charge is 0.462 e. The van der Waals surface area contributed by atoms with Gasteiger partial charge in [0.15, 0.2) is 0 Å². The third-order valence-electron chi connectivity index (χ3n) is 3.75. The Morgan fingerprint density at radius 3 is 2.52 bits per heavy atom. The van der Waals surface area contributed by atoms with Crippen LogP contribution in [0.4, 0.5) is 5.69 Å². The summed E-state index contributed by atoms with van der Waals surface area (Å²) >= 11 is 0. The summed E-state index contributed by atoms with van der Waals surface area (Å²) in [6, 6.07) is 3.61. The van der Waals surface area contributed by atoms with Crippen molar-refractivity contribution < 1.29 is 14.3 Å². The summed E-state index contributed by atoms with van der Waals surface area (Å²) in [4.78, 5) is 11.9. The predicted molar refractivity (Wildman–Crippen MR) is 85.3 cm³/mol. The summed E-state index contributed by atoms with van der Waals surface area (Å²) in [5.74, 6) is -0.362. The van der Waals surface area contributed by atoms with Gasteiger partial charge in [-0.1, -0.05) is 19.9 Å². The van der Waals surface area contributed by atoms with Crippen molar-refractivity contribution in [2.45, 2.75) is 59.7 Å². The zero-order chi connectivity index (χ0) is 16.0. The number of anilines is 1. The molecule has 21 heavy (non-hydrogen) atoms. The van der Waals surface area contributed by atoms with Crippen molar-refractivity contribution in [3.8, 4) is 0 Å². The Hall–Kier alpha value is -1.55. The molecule has 0 fully saturated rings. The first kappa shape index (κ1) is 17.5. The van der Waals surface area contributed by atoms with Crippen molar-refractivity contribution in [1.82, 2.24) is 0 Å². The van der Waals surface area contributed by atoms with Gasteiger partial charge in [-0.05, 0) is 50.8 Å². The van der Waals surface area contributed by atoms with Crippen molar-refractivity contribution in [3.05, 3.63) is 28.8 Å². The molecule has 0 aliphatic rings. The Morgan fingerprint density at radius 1 is 1.29 bits per heavy atom. The molecular formula is C17H27NO3. The number of carbonyl (C=O) groups is 1. The molecule has 0 saturated heterocycles. The molecule has 0 heterocycles. The molecule has 0 spiro atoms. The molecule has 0 amide bonds. The van der Waals surface area contributed by atoms with Crippen molar-refractivity contribution in [3.63, 3.8) is 0 Å². The number of carbonyl (C=O) groups excluding carboxylic acids is 1. The molecule has 0 saturated carbocycles. The number of hydrogen-bond donors (Lipinski definition) is 1. The molecule has 0 atom stereocenters. The maximum absolute atomic E-state index is 11.9. The van der Waals surface area contributed by atoms with Crippen LogP contribution in [0, 0.1) is 6.92 Å². The lowest BCUT2D eigenvalue weighted by molar-refractivity contribution is -0.0318. The van der Waals surface area contributed by atoms with Crippen LogP contribution in [0.25, 0.3) is 0 Å². The first-order valence-electron chi connectivity index (χ1n) is 7.51. The van der Waals surface area contributed by atoms with Crippen LogP contribution < -0.4 is 5.73 Å². The fourth-order valence-corrected chi connectivity index (χ4v) is 1.76. The van der Waals surface area contributed by atoms with E-state index in [0.717, 1.165) is 24.0 Å². The van der Waals surface area contributed by atoms with Crippen LogP contribution in [0.5, 0.6) is 0 Å². The van der Waals surface area contributed by atoms with E-state index in [0.29, 0.717) is 24.5 Å². The van der Waals surface area contributed by atoms with Gasteiger partial charge in [0.1, 0.15) is 0 Å². The summed E-state index contributed by atoms with van der Waals surface area (Å²) in [7, 11) is 0. The third kappa shape index (κ3) is 4.74. The zero-order valence-electron chi connectivity index (χ0n) is 13.8. The second-order valence-electron chi connectivity index (χ2n) is 5.85. The van der Waals surface area contributed by atoms with E-state index in [1.54, 1.807) is 6.07 Å². The average molecular weight is 293 g/mol. The molecule has 4 nitrogen and oxygen atoms in total. The molecule has 0 aliphatic carbocycles. The van der Waals surface area contributed by atoms with Crippen molar-refractivity contribution in [2.24, 2.45) is 0 Å². The Kier molecular flexibility index (Phi) is 6.21. The highest BCUT2D eigenvalue weighted by molar-refractivity contribution is 5.96. The highest BCUT2D eigenvalue weighted by Gasteiger charge is 2.18. The SMILES string of the molecule is CCCOC(=O)c1ccc(COC(C)(C)CC)c(C)c1N. The quantitative estimate of drug-likeness (QED) is 0.612. The summed E-state index contributed by atoms with van der Waals surface area (Å²) < 4.78 is 11.0. The molecular weight excluding hydrogens is 266 g/mol. The average Bonchev–Trinajstić information content (AvgIpc) is 2.46. The molecule has 0 aromatic heterocycles. The van der Waals surface area contributed by atoms with Gasteiger partial charge in [0, 0.05) is 5.69 Å². The van der Waals surface area contributed by atoms with Crippen molar-refractivity contribution in [2.75, 3.05) is 12.3 Å². The summed E-state index contributed by atoms with van der Waals surface area (Å²) in [6.07, 6.45) is 1.73. The van der Waals surface area contributed by atoms with E-state index >= 15 is 0 Å². The van der Waals surface area contributed by atoms with Crippen LogP contribution in [-0.4, -0.2) is 18.2 Å². The lowest BCUT2D eigenvalue weighted by Gasteiger charge is -2.24. The molecule has 4 heteroatoms. The van der Waals surface area contributed by atoms with E-state index in [-0.39, 0.29) is 11.6 Å². The number of rotatable bonds is 7. The van der Waals surface area contributed by atoms with Gasteiger partial charge in [-0.2, -0.15) is 0 Å². The minimum atomic E-state index is -0.362. The Morgan fingerprint density at radius 2 is 1.95 bits per heavy atom. The number of benzene rings is 1. The van der Waals surface area contributed by atoms with Crippen LogP contribution in [0.15, 0.2) is 12.1 Å². The topological polar surface area (TPSA) is 61.5 Å². The lowest BCUT2D eigenvalue weighted by atomic mass is 10.0. The lowest BCUT2D eigenvalue weighted by Crippen LogP contribution is -2.23. The fourth-order valence-electron chi connectivity index (χ4n) is 1.76. The van der Waals surface area contributed by atoms with E-state index in [1.807, 2.05) is 19.9 Å². The van der Waals surface area contributed by atoms with Crippen LogP contribution in [-0.2, 0) is 16.1 Å². The van der Waals surface area contributed by atoms with Gasteiger partial charge in [0.05, 0.1) is 24.4 Å². The van der Waals surface area contributed by atoms with Gasteiger partial charge in [0.2, 0.25) is 0 Å². The van der Waals surface area contributed by atoms with E-state index in [1.165, 1.54) is 0 Å². The number of nitrogens with two attached hydrogens (primary N) is 1. The fraction of sp³-hybridized carbons (Fsp3) is 0.588. The van der Waals surface area contributed by atoms with Crippen molar-refractivity contribution >= 4 is 11.7 Å². The first-order valence-corrected chi connectivity index (χ1v) is 7.51. The molecule has 0 unspecified atom stereocenters. The van der Waals surface area contributed by atoms with Gasteiger partial charge < -0.3 is 15.2 Å². The molecule has 0 bridgehead atoms. The van der Waals surface area contributed by atoms with Gasteiger partial charge in [-0.15, -0.1) is 0 Å². The van der Waals surface area contributed by atoms with Gasteiger partial charge in [-0.3, -0.25) is 0 Å². The number of hydrogen-bond acceptors (Lipinski definition) is 4. The predicted octanol–water partition coefficient (Wildman–Crippen LogP) is 3.85. The molecule has 0 aliphatic heterocycles. The minimum Gasteiger partial charge on any atom is -0.462 e. The second-order valence-corrected chi connectivity index (χ2v) is 5.85.